The molecule has 5 rings (SSSR count). The molecular formula is C25H19Br2NSn. The van der Waals surface area contributed by atoms with E-state index in [1.165, 1.54) is 25.7 Å². The normalized spacial score (nSPS) is 14.2. The van der Waals surface area contributed by atoms with E-state index in [1.54, 1.807) is 0 Å². The van der Waals surface area contributed by atoms with Gasteiger partial charge in [-0.15, -0.1) is 0 Å². The first-order valence-corrected chi connectivity index (χ1v) is 16.9. The molecule has 0 atom stereocenters. The van der Waals surface area contributed by atoms with Crippen LogP contribution in [0, 0.1) is 0 Å². The zero-order valence-electron chi connectivity index (χ0n) is 15.9. The third-order valence-corrected chi connectivity index (χ3v) is 20.6. The minimum atomic E-state index is -3.54. The summed E-state index contributed by atoms with van der Waals surface area (Å²) in [6.07, 6.45) is 0. The van der Waals surface area contributed by atoms with Crippen LogP contribution in [0.2, 0.25) is 0 Å². The molecule has 0 radical (unpaired) electrons. The average Bonchev–Trinajstić information content (AvgIpc) is 2.75. The first-order chi connectivity index (χ1) is 14.1. The van der Waals surface area contributed by atoms with Gasteiger partial charge in [0.15, 0.2) is 0 Å². The number of fused-ring (bicyclic) bond motifs is 2. The summed E-state index contributed by atoms with van der Waals surface area (Å²) >= 11 is 3.99. The van der Waals surface area contributed by atoms with Crippen molar-refractivity contribution in [2.45, 2.75) is 0 Å². The van der Waals surface area contributed by atoms with Crippen molar-refractivity contribution in [1.82, 2.24) is 0 Å². The SMILES string of the molecule is CN1c2ccc(Br)c[c]2[Sn]([c]2ccccc2)([c]2ccccc2)[c]2cc(Br)ccc21. The number of benzene rings is 4. The van der Waals surface area contributed by atoms with E-state index in [1.807, 2.05) is 0 Å². The summed E-state index contributed by atoms with van der Waals surface area (Å²) in [5, 5.41) is 0. The van der Waals surface area contributed by atoms with Crippen molar-refractivity contribution in [3.63, 3.8) is 0 Å². The predicted molar refractivity (Wildman–Crippen MR) is 134 cm³/mol. The van der Waals surface area contributed by atoms with Gasteiger partial charge in [0.05, 0.1) is 0 Å². The van der Waals surface area contributed by atoms with E-state index >= 15 is 0 Å². The standard InChI is InChI=1S/C13H9Br2N.2C6H5.Sn/c1-16(12-6-2-10(14)3-7-12)13-8-4-11(15)5-9-13;2*1-2-4-6-5-3-1;/h2-6,8H,1H3;2*1-5H;. The Kier molecular flexibility index (Phi) is 5.09. The minimum absolute atomic E-state index is 1.14. The zero-order valence-corrected chi connectivity index (χ0v) is 22.0. The van der Waals surface area contributed by atoms with Gasteiger partial charge in [-0.2, -0.15) is 0 Å². The Morgan fingerprint density at radius 1 is 0.586 bits per heavy atom. The molecular weight excluding hydrogens is 593 g/mol. The summed E-state index contributed by atoms with van der Waals surface area (Å²) in [5.74, 6) is 0. The molecule has 4 aromatic carbocycles. The van der Waals surface area contributed by atoms with Crippen LogP contribution >= 0.6 is 31.9 Å². The molecule has 1 aliphatic heterocycles. The molecule has 29 heavy (non-hydrogen) atoms. The van der Waals surface area contributed by atoms with Gasteiger partial charge < -0.3 is 0 Å². The van der Waals surface area contributed by atoms with E-state index in [4.69, 9.17) is 0 Å². The van der Waals surface area contributed by atoms with Gasteiger partial charge in [-0.25, -0.2) is 0 Å². The molecule has 0 fully saturated rings. The maximum atomic E-state index is 3.77. The Labute approximate surface area is 192 Å². The van der Waals surface area contributed by atoms with Crippen LogP contribution in [0.25, 0.3) is 0 Å². The van der Waals surface area contributed by atoms with Crippen molar-refractivity contribution in [2.75, 3.05) is 11.9 Å². The van der Waals surface area contributed by atoms with Gasteiger partial charge in [-0.1, -0.05) is 0 Å². The molecule has 0 saturated heterocycles. The molecule has 0 N–H and O–H groups in total. The molecule has 0 spiro atoms. The van der Waals surface area contributed by atoms with Crippen LogP contribution in [0.3, 0.4) is 0 Å². The average molecular weight is 612 g/mol. The van der Waals surface area contributed by atoms with Crippen molar-refractivity contribution in [3.8, 4) is 0 Å². The summed E-state index contributed by atoms with van der Waals surface area (Å²) in [7, 11) is 2.19. The molecule has 0 bridgehead atoms. The first kappa shape index (κ1) is 19.4. The van der Waals surface area contributed by atoms with Crippen LogP contribution in [-0.4, -0.2) is 25.4 Å². The molecule has 0 unspecified atom stereocenters. The van der Waals surface area contributed by atoms with Gasteiger partial charge in [0.25, 0.3) is 0 Å². The van der Waals surface area contributed by atoms with Crippen molar-refractivity contribution in [1.29, 1.82) is 0 Å². The molecule has 1 heterocycles. The van der Waals surface area contributed by atoms with Crippen LogP contribution in [0.5, 0.6) is 0 Å². The van der Waals surface area contributed by atoms with Crippen molar-refractivity contribution in [3.05, 3.63) is 106 Å². The maximum absolute atomic E-state index is 3.77. The first-order valence-electron chi connectivity index (χ1n) is 9.57. The van der Waals surface area contributed by atoms with Crippen LogP contribution in [0.4, 0.5) is 11.4 Å². The van der Waals surface area contributed by atoms with Gasteiger partial charge >= 0.3 is 194 Å². The van der Waals surface area contributed by atoms with Gasteiger partial charge in [0, 0.05) is 0 Å². The van der Waals surface area contributed by atoms with Gasteiger partial charge in [-0.3, -0.25) is 0 Å². The molecule has 0 aromatic heterocycles. The van der Waals surface area contributed by atoms with Gasteiger partial charge in [-0.05, 0) is 0 Å². The van der Waals surface area contributed by atoms with Crippen molar-refractivity contribution in [2.24, 2.45) is 0 Å². The second kappa shape index (κ2) is 7.60. The molecule has 1 nitrogen and oxygen atoms in total. The number of rotatable bonds is 2. The number of nitrogens with zero attached hydrogens (tertiary/aromatic N) is 1. The molecule has 4 heteroatoms. The predicted octanol–water partition coefficient (Wildman–Crippen LogP) is 4.67. The van der Waals surface area contributed by atoms with Gasteiger partial charge in [0.2, 0.25) is 0 Å². The Bertz CT molecular complexity index is 1100. The molecule has 142 valence electrons. The van der Waals surface area contributed by atoms with E-state index in [0.29, 0.717) is 0 Å². The van der Waals surface area contributed by atoms with Crippen molar-refractivity contribution < 1.29 is 0 Å². The molecule has 0 saturated carbocycles. The summed E-state index contributed by atoms with van der Waals surface area (Å²) in [4.78, 5) is 2.35. The fraction of sp³-hybridized carbons (Fsp3) is 0.0400. The summed E-state index contributed by atoms with van der Waals surface area (Å²) in [5.41, 5.74) is 2.62. The Balaban J connectivity index is 2.01. The Hall–Kier alpha value is -1.56. The van der Waals surface area contributed by atoms with Gasteiger partial charge in [0.1, 0.15) is 0 Å². The number of halogens is 2. The fourth-order valence-corrected chi connectivity index (χ4v) is 21.6. The third kappa shape index (κ3) is 3.01. The number of hydrogen-bond donors (Lipinski definition) is 0. The zero-order chi connectivity index (χ0) is 20.0. The molecule has 4 aromatic rings. The molecule has 0 aliphatic carbocycles. The van der Waals surface area contributed by atoms with E-state index in [0.717, 1.165) is 8.95 Å². The Morgan fingerprint density at radius 3 is 1.41 bits per heavy atom. The molecule has 0 amide bonds. The number of hydrogen-bond acceptors (Lipinski definition) is 1. The summed E-state index contributed by atoms with van der Waals surface area (Å²) in [6, 6.07) is 35.9. The quantitative estimate of drug-likeness (QED) is 0.298. The van der Waals surface area contributed by atoms with Crippen LogP contribution in [-0.2, 0) is 0 Å². The van der Waals surface area contributed by atoms with E-state index in [-0.39, 0.29) is 0 Å². The van der Waals surface area contributed by atoms with E-state index < -0.39 is 18.4 Å². The Morgan fingerprint density at radius 2 is 1.00 bits per heavy atom. The second-order valence-corrected chi connectivity index (χ2v) is 19.8. The topological polar surface area (TPSA) is 3.24 Å². The molecule has 1 aliphatic rings. The van der Waals surface area contributed by atoms with Crippen molar-refractivity contribution >= 4 is 75.9 Å². The van der Waals surface area contributed by atoms with E-state index in [2.05, 4.69) is 141 Å². The fourth-order valence-electron chi connectivity index (χ4n) is 4.64. The van der Waals surface area contributed by atoms with Crippen LogP contribution < -0.4 is 19.2 Å². The van der Waals surface area contributed by atoms with E-state index in [9.17, 15) is 0 Å². The third-order valence-electron chi connectivity index (χ3n) is 5.86. The van der Waals surface area contributed by atoms with Crippen LogP contribution in [0.15, 0.2) is 106 Å². The second-order valence-electron chi connectivity index (χ2n) is 7.36. The summed E-state index contributed by atoms with van der Waals surface area (Å²) < 4.78 is 8.19. The number of anilines is 2. The summed E-state index contributed by atoms with van der Waals surface area (Å²) in [6.45, 7) is 0. The monoisotopic (exact) mass is 611 g/mol. The van der Waals surface area contributed by atoms with Crippen LogP contribution in [0.1, 0.15) is 0 Å².